The van der Waals surface area contributed by atoms with Crippen molar-refractivity contribution >= 4 is 17.2 Å². The van der Waals surface area contributed by atoms with E-state index in [0.29, 0.717) is 6.54 Å². The number of amides is 1. The molecule has 0 aromatic carbocycles. The van der Waals surface area contributed by atoms with Gasteiger partial charge in [0, 0.05) is 11.4 Å². The molecule has 0 aliphatic heterocycles. The average Bonchev–Trinajstić information content (AvgIpc) is 2.86. The zero-order valence-corrected chi connectivity index (χ0v) is 11.0. The summed E-state index contributed by atoms with van der Waals surface area (Å²) in [6, 6.07) is 4.18. The monoisotopic (exact) mass is 248 g/mol. The molecule has 1 aromatic rings. The molecule has 1 aliphatic rings. The van der Waals surface area contributed by atoms with E-state index in [2.05, 4.69) is 11.4 Å². The predicted molar refractivity (Wildman–Crippen MR) is 68.1 cm³/mol. The third kappa shape index (κ3) is 2.67. The summed E-state index contributed by atoms with van der Waals surface area (Å²) in [5.41, 5.74) is 0.829. The second-order valence-corrected chi connectivity index (χ2v) is 6.23. The molecular weight excluding hydrogens is 232 g/mol. The van der Waals surface area contributed by atoms with E-state index in [1.54, 1.807) is 11.3 Å². The molecule has 17 heavy (non-hydrogen) atoms. The van der Waals surface area contributed by atoms with Crippen LogP contribution < -0.4 is 5.32 Å². The van der Waals surface area contributed by atoms with Gasteiger partial charge in [-0.3, -0.25) is 4.79 Å². The number of hydrogen-bond donors (Lipinski definition) is 1. The van der Waals surface area contributed by atoms with E-state index < -0.39 is 5.41 Å². The Balaban J connectivity index is 1.99. The summed E-state index contributed by atoms with van der Waals surface area (Å²) >= 11 is 1.59. The summed E-state index contributed by atoms with van der Waals surface area (Å²) in [7, 11) is 0. The molecule has 0 unspecified atom stereocenters. The maximum atomic E-state index is 11.9. The summed E-state index contributed by atoms with van der Waals surface area (Å²) < 4.78 is 0. The number of hydrogen-bond acceptors (Lipinski definition) is 3. The smallest absolute Gasteiger partial charge is 0.261 e. The number of nitrogens with zero attached hydrogens (tertiary/aromatic N) is 1. The van der Waals surface area contributed by atoms with E-state index in [0.717, 1.165) is 17.7 Å². The van der Waals surface area contributed by atoms with E-state index in [9.17, 15) is 4.79 Å². The minimum atomic E-state index is -0.504. The van der Waals surface area contributed by atoms with Crippen LogP contribution in [0, 0.1) is 16.7 Å². The van der Waals surface area contributed by atoms with Gasteiger partial charge in [-0.25, -0.2) is 0 Å². The topological polar surface area (TPSA) is 52.9 Å². The molecule has 0 saturated heterocycles. The van der Waals surface area contributed by atoms with Crippen LogP contribution in [-0.2, 0) is 12.8 Å². The van der Waals surface area contributed by atoms with Gasteiger partial charge in [0.05, 0.1) is 16.4 Å². The van der Waals surface area contributed by atoms with Gasteiger partial charge >= 0.3 is 0 Å². The molecular formula is C13H16N2OS. The van der Waals surface area contributed by atoms with Crippen molar-refractivity contribution in [2.24, 2.45) is 5.41 Å². The minimum absolute atomic E-state index is 0.0484. The molecule has 90 valence electrons. The molecule has 0 radical (unpaired) electrons. The van der Waals surface area contributed by atoms with Crippen molar-refractivity contribution in [2.45, 2.75) is 33.1 Å². The molecule has 1 amide bonds. The molecule has 4 heteroatoms. The highest BCUT2D eigenvalue weighted by molar-refractivity contribution is 7.14. The molecule has 0 atom stereocenters. The second kappa shape index (κ2) is 4.50. The van der Waals surface area contributed by atoms with Crippen LogP contribution in [0.3, 0.4) is 0 Å². The largest absolute Gasteiger partial charge is 0.350 e. The van der Waals surface area contributed by atoms with Crippen LogP contribution in [0.15, 0.2) is 6.07 Å². The van der Waals surface area contributed by atoms with Gasteiger partial charge in [0.25, 0.3) is 5.91 Å². The van der Waals surface area contributed by atoms with Gasteiger partial charge in [-0.1, -0.05) is 0 Å². The first-order valence-electron chi connectivity index (χ1n) is 5.83. The highest BCUT2D eigenvalue weighted by atomic mass is 32.1. The second-order valence-electron chi connectivity index (χ2n) is 5.09. The summed E-state index contributed by atoms with van der Waals surface area (Å²) in [5, 5.41) is 11.7. The van der Waals surface area contributed by atoms with E-state index in [-0.39, 0.29) is 5.91 Å². The summed E-state index contributed by atoms with van der Waals surface area (Å²) in [6.45, 7) is 4.04. The number of rotatable bonds is 3. The molecule has 0 saturated carbocycles. The van der Waals surface area contributed by atoms with Gasteiger partial charge in [0.15, 0.2) is 0 Å². The number of nitrogens with one attached hydrogen (secondary N) is 1. The maximum Gasteiger partial charge on any atom is 0.261 e. The lowest BCUT2D eigenvalue weighted by Gasteiger charge is -2.15. The molecule has 1 aliphatic carbocycles. The number of carbonyl (C=O) groups excluding carboxylic acids is 1. The van der Waals surface area contributed by atoms with Crippen molar-refractivity contribution in [2.75, 3.05) is 6.54 Å². The van der Waals surface area contributed by atoms with Gasteiger partial charge in [0.2, 0.25) is 0 Å². The Morgan fingerprint density at radius 1 is 1.59 bits per heavy atom. The van der Waals surface area contributed by atoms with Crippen LogP contribution in [0.2, 0.25) is 0 Å². The Bertz CT molecular complexity index is 461. The zero-order chi connectivity index (χ0) is 12.5. The SMILES string of the molecule is CC(C)(C#N)CNC(=O)c1cc2c(s1)CCC2. The quantitative estimate of drug-likeness (QED) is 0.893. The minimum Gasteiger partial charge on any atom is -0.350 e. The van der Waals surface area contributed by atoms with Crippen LogP contribution in [-0.4, -0.2) is 12.5 Å². The summed E-state index contributed by atoms with van der Waals surface area (Å²) in [4.78, 5) is 14.0. The lowest BCUT2D eigenvalue weighted by Crippen LogP contribution is -2.32. The van der Waals surface area contributed by atoms with Gasteiger partial charge in [-0.2, -0.15) is 5.26 Å². The fourth-order valence-corrected chi connectivity index (χ4v) is 3.04. The van der Waals surface area contributed by atoms with Gasteiger partial charge in [-0.15, -0.1) is 11.3 Å². The van der Waals surface area contributed by atoms with Gasteiger partial charge < -0.3 is 5.32 Å². The Hall–Kier alpha value is -1.34. The number of nitriles is 1. The fraction of sp³-hybridized carbons (Fsp3) is 0.538. The van der Waals surface area contributed by atoms with Crippen LogP contribution in [0.4, 0.5) is 0 Å². The predicted octanol–water partition coefficient (Wildman–Crippen LogP) is 2.52. The lowest BCUT2D eigenvalue weighted by molar-refractivity contribution is 0.0947. The number of fused-ring (bicyclic) bond motifs is 1. The van der Waals surface area contributed by atoms with Gasteiger partial charge in [-0.05, 0) is 44.7 Å². The van der Waals surface area contributed by atoms with Crippen molar-refractivity contribution < 1.29 is 4.79 Å². The zero-order valence-electron chi connectivity index (χ0n) is 10.2. The first kappa shape index (κ1) is 12.1. The highest BCUT2D eigenvalue weighted by Crippen LogP contribution is 2.30. The van der Waals surface area contributed by atoms with Crippen molar-refractivity contribution in [1.29, 1.82) is 5.26 Å². The summed E-state index contributed by atoms with van der Waals surface area (Å²) in [6.07, 6.45) is 3.42. The average molecular weight is 248 g/mol. The van der Waals surface area contributed by atoms with E-state index in [1.807, 2.05) is 19.9 Å². The van der Waals surface area contributed by atoms with Crippen LogP contribution >= 0.6 is 11.3 Å². The Morgan fingerprint density at radius 3 is 3.00 bits per heavy atom. The first-order valence-corrected chi connectivity index (χ1v) is 6.64. The molecule has 1 N–H and O–H groups in total. The van der Waals surface area contributed by atoms with Crippen molar-refractivity contribution in [1.82, 2.24) is 5.32 Å². The van der Waals surface area contributed by atoms with E-state index in [4.69, 9.17) is 5.26 Å². The number of aryl methyl sites for hydroxylation is 2. The normalized spacial score (nSPS) is 14.2. The molecule has 0 spiro atoms. The molecule has 3 nitrogen and oxygen atoms in total. The summed E-state index contributed by atoms with van der Waals surface area (Å²) in [5.74, 6) is -0.0484. The molecule has 1 heterocycles. The fourth-order valence-electron chi connectivity index (χ4n) is 1.87. The van der Waals surface area contributed by atoms with Crippen molar-refractivity contribution in [3.63, 3.8) is 0 Å². The van der Waals surface area contributed by atoms with E-state index >= 15 is 0 Å². The Kier molecular flexibility index (Phi) is 3.21. The molecule has 0 bridgehead atoms. The molecule has 0 fully saturated rings. The molecule has 1 aromatic heterocycles. The highest BCUT2D eigenvalue weighted by Gasteiger charge is 2.21. The standard InChI is InChI=1S/C13H16N2OS/c1-13(2,7-14)8-15-12(16)11-6-9-4-3-5-10(9)17-11/h6H,3-5,8H2,1-2H3,(H,15,16). The van der Waals surface area contributed by atoms with Crippen molar-refractivity contribution in [3.8, 4) is 6.07 Å². The Morgan fingerprint density at radius 2 is 2.35 bits per heavy atom. The number of carbonyl (C=O) groups is 1. The maximum absolute atomic E-state index is 11.9. The van der Waals surface area contributed by atoms with Crippen LogP contribution in [0.1, 0.15) is 40.4 Å². The lowest BCUT2D eigenvalue weighted by atomic mass is 9.96. The molecule has 2 rings (SSSR count). The number of thiophene rings is 1. The van der Waals surface area contributed by atoms with Crippen LogP contribution in [0.5, 0.6) is 0 Å². The van der Waals surface area contributed by atoms with Gasteiger partial charge in [0.1, 0.15) is 0 Å². The Labute approximate surface area is 105 Å². The van der Waals surface area contributed by atoms with Crippen LogP contribution in [0.25, 0.3) is 0 Å². The van der Waals surface area contributed by atoms with E-state index in [1.165, 1.54) is 16.9 Å². The third-order valence-corrected chi connectivity index (χ3v) is 4.20. The third-order valence-electron chi connectivity index (χ3n) is 2.96. The first-order chi connectivity index (χ1) is 8.02. The van der Waals surface area contributed by atoms with Crippen molar-refractivity contribution in [3.05, 3.63) is 21.4 Å².